The van der Waals surface area contributed by atoms with E-state index >= 15 is 0 Å². The van der Waals surface area contributed by atoms with Crippen LogP contribution in [0.2, 0.25) is 0 Å². The molecule has 25 heavy (non-hydrogen) atoms. The standard InChI is InChI=1S/C17H26N2.C2H2O4/c1-3-7-16(8-4-1)15-18-13-9-17(10-14-18)19-11-5-2-6-12-19;3-1(4)2(5)6/h1,3-4,7-8,17H,2,5-6,9-15H2;(H,3,4)(H,5,6). The van der Waals surface area contributed by atoms with Crippen molar-refractivity contribution in [2.75, 3.05) is 26.2 Å². The highest BCUT2D eigenvalue weighted by molar-refractivity contribution is 6.27. The van der Waals surface area contributed by atoms with E-state index < -0.39 is 11.9 Å². The Balaban J connectivity index is 0.000000326. The Morgan fingerprint density at radius 1 is 0.880 bits per heavy atom. The molecule has 2 heterocycles. The second-order valence-corrected chi connectivity index (χ2v) is 6.70. The Morgan fingerprint density at radius 2 is 1.44 bits per heavy atom. The summed E-state index contributed by atoms with van der Waals surface area (Å²) < 4.78 is 0. The lowest BCUT2D eigenvalue weighted by molar-refractivity contribution is -0.159. The van der Waals surface area contributed by atoms with Crippen LogP contribution in [0.4, 0.5) is 0 Å². The molecule has 0 amide bonds. The number of nitrogens with zero attached hydrogens (tertiary/aromatic N) is 2. The van der Waals surface area contributed by atoms with Crippen molar-refractivity contribution in [2.45, 2.75) is 44.7 Å². The lowest BCUT2D eigenvalue weighted by Gasteiger charge is -2.40. The zero-order valence-corrected chi connectivity index (χ0v) is 14.6. The van der Waals surface area contributed by atoms with Crippen LogP contribution in [0.25, 0.3) is 0 Å². The van der Waals surface area contributed by atoms with Gasteiger partial charge in [-0.25, -0.2) is 9.59 Å². The van der Waals surface area contributed by atoms with Crippen LogP contribution in [0.3, 0.4) is 0 Å². The van der Waals surface area contributed by atoms with E-state index in [1.807, 2.05) is 0 Å². The number of aliphatic carboxylic acids is 2. The minimum absolute atomic E-state index is 0.868. The number of rotatable bonds is 3. The quantitative estimate of drug-likeness (QED) is 0.816. The van der Waals surface area contributed by atoms with Crippen molar-refractivity contribution in [1.82, 2.24) is 9.80 Å². The molecular formula is C19H28N2O4. The van der Waals surface area contributed by atoms with Gasteiger partial charge in [-0.2, -0.15) is 0 Å². The topological polar surface area (TPSA) is 81.1 Å². The molecular weight excluding hydrogens is 320 g/mol. The first-order valence-electron chi connectivity index (χ1n) is 9.03. The summed E-state index contributed by atoms with van der Waals surface area (Å²) in [4.78, 5) is 23.6. The van der Waals surface area contributed by atoms with Crippen molar-refractivity contribution in [2.24, 2.45) is 0 Å². The SMILES string of the molecule is O=C(O)C(=O)O.c1ccc(CN2CCC(N3CCCCC3)CC2)cc1. The average molecular weight is 348 g/mol. The third-order valence-corrected chi connectivity index (χ3v) is 4.90. The van der Waals surface area contributed by atoms with Crippen LogP contribution in [0, 0.1) is 0 Å². The highest BCUT2D eigenvalue weighted by Crippen LogP contribution is 2.21. The molecule has 6 heteroatoms. The molecule has 2 fully saturated rings. The second kappa shape index (κ2) is 10.2. The van der Waals surface area contributed by atoms with Crippen molar-refractivity contribution in [3.8, 4) is 0 Å². The maximum absolute atomic E-state index is 9.10. The first-order chi connectivity index (χ1) is 12.1. The van der Waals surface area contributed by atoms with Crippen LogP contribution in [0.15, 0.2) is 30.3 Å². The fourth-order valence-electron chi connectivity index (χ4n) is 3.57. The van der Waals surface area contributed by atoms with E-state index in [-0.39, 0.29) is 0 Å². The maximum Gasteiger partial charge on any atom is 0.414 e. The Bertz CT molecular complexity index is 524. The summed E-state index contributed by atoms with van der Waals surface area (Å²) in [7, 11) is 0. The number of hydrogen-bond donors (Lipinski definition) is 2. The molecule has 3 rings (SSSR count). The molecule has 0 spiro atoms. The molecule has 138 valence electrons. The molecule has 2 aliphatic heterocycles. The fourth-order valence-corrected chi connectivity index (χ4v) is 3.57. The predicted octanol–water partition coefficient (Wildman–Crippen LogP) is 2.29. The molecule has 6 nitrogen and oxygen atoms in total. The van der Waals surface area contributed by atoms with Crippen molar-refractivity contribution < 1.29 is 19.8 Å². The van der Waals surface area contributed by atoms with E-state index in [1.165, 1.54) is 63.8 Å². The van der Waals surface area contributed by atoms with E-state index in [2.05, 4.69) is 40.1 Å². The molecule has 1 aromatic rings. The van der Waals surface area contributed by atoms with Gasteiger partial charge in [-0.05, 0) is 57.4 Å². The Kier molecular flexibility index (Phi) is 7.88. The molecule has 1 aromatic carbocycles. The summed E-state index contributed by atoms with van der Waals surface area (Å²) >= 11 is 0. The van der Waals surface area contributed by atoms with Gasteiger partial charge in [0, 0.05) is 12.6 Å². The van der Waals surface area contributed by atoms with Crippen molar-refractivity contribution in [3.05, 3.63) is 35.9 Å². The van der Waals surface area contributed by atoms with Crippen molar-refractivity contribution in [3.63, 3.8) is 0 Å². The smallest absolute Gasteiger partial charge is 0.414 e. The van der Waals surface area contributed by atoms with Gasteiger partial charge in [0.1, 0.15) is 0 Å². The normalized spacial score (nSPS) is 19.7. The third-order valence-electron chi connectivity index (χ3n) is 4.90. The maximum atomic E-state index is 9.10. The molecule has 0 saturated carbocycles. The van der Waals surface area contributed by atoms with Crippen molar-refractivity contribution in [1.29, 1.82) is 0 Å². The summed E-state index contributed by atoms with van der Waals surface area (Å²) in [5.41, 5.74) is 1.46. The molecule has 0 radical (unpaired) electrons. The van der Waals surface area contributed by atoms with Crippen LogP contribution in [-0.4, -0.2) is 64.2 Å². The lowest BCUT2D eigenvalue weighted by Crippen LogP contribution is -2.46. The third kappa shape index (κ3) is 6.84. The number of carboxylic acid groups (broad SMARTS) is 2. The van der Waals surface area contributed by atoms with E-state index in [4.69, 9.17) is 19.8 Å². The predicted molar refractivity (Wildman–Crippen MR) is 95.4 cm³/mol. The minimum Gasteiger partial charge on any atom is -0.473 e. The van der Waals surface area contributed by atoms with Crippen LogP contribution < -0.4 is 0 Å². The Hall–Kier alpha value is -1.92. The van der Waals surface area contributed by atoms with Gasteiger partial charge < -0.3 is 15.1 Å². The summed E-state index contributed by atoms with van der Waals surface area (Å²) in [6.07, 6.45) is 7.03. The molecule has 0 atom stereocenters. The molecule has 0 unspecified atom stereocenters. The van der Waals surface area contributed by atoms with Gasteiger partial charge in [-0.3, -0.25) is 4.90 Å². The van der Waals surface area contributed by atoms with Gasteiger partial charge in [-0.15, -0.1) is 0 Å². The van der Waals surface area contributed by atoms with Gasteiger partial charge in [0.2, 0.25) is 0 Å². The largest absolute Gasteiger partial charge is 0.473 e. The van der Waals surface area contributed by atoms with Gasteiger partial charge in [0.15, 0.2) is 0 Å². The highest BCUT2D eigenvalue weighted by atomic mass is 16.4. The van der Waals surface area contributed by atoms with E-state index in [9.17, 15) is 0 Å². The van der Waals surface area contributed by atoms with Crippen LogP contribution in [0.5, 0.6) is 0 Å². The average Bonchev–Trinajstić information content (AvgIpc) is 2.64. The van der Waals surface area contributed by atoms with Gasteiger partial charge in [-0.1, -0.05) is 36.8 Å². The van der Waals surface area contributed by atoms with Crippen LogP contribution in [-0.2, 0) is 16.1 Å². The molecule has 2 aliphatic rings. The zero-order valence-electron chi connectivity index (χ0n) is 14.6. The summed E-state index contributed by atoms with van der Waals surface area (Å²) in [5, 5.41) is 14.8. The Morgan fingerprint density at radius 3 is 1.96 bits per heavy atom. The lowest BCUT2D eigenvalue weighted by atomic mass is 9.99. The molecule has 0 aliphatic carbocycles. The first kappa shape index (κ1) is 19.4. The molecule has 0 aromatic heterocycles. The molecule has 0 bridgehead atoms. The number of carboxylic acids is 2. The molecule has 2 N–H and O–H groups in total. The highest BCUT2D eigenvalue weighted by Gasteiger charge is 2.25. The number of carbonyl (C=O) groups is 2. The minimum atomic E-state index is -1.82. The number of hydrogen-bond acceptors (Lipinski definition) is 4. The van der Waals surface area contributed by atoms with Crippen molar-refractivity contribution >= 4 is 11.9 Å². The Labute approximate surface area is 149 Å². The molecule has 2 saturated heterocycles. The van der Waals surface area contributed by atoms with Gasteiger partial charge in [0.05, 0.1) is 0 Å². The van der Waals surface area contributed by atoms with Crippen LogP contribution >= 0.6 is 0 Å². The first-order valence-corrected chi connectivity index (χ1v) is 9.03. The fraction of sp³-hybridized carbons (Fsp3) is 0.579. The summed E-state index contributed by atoms with van der Waals surface area (Å²) in [5.74, 6) is -3.65. The monoisotopic (exact) mass is 348 g/mol. The van der Waals surface area contributed by atoms with E-state index in [0.29, 0.717) is 0 Å². The van der Waals surface area contributed by atoms with Crippen LogP contribution in [0.1, 0.15) is 37.7 Å². The summed E-state index contributed by atoms with van der Waals surface area (Å²) in [6.45, 7) is 6.38. The number of piperidine rings is 2. The number of benzene rings is 1. The van der Waals surface area contributed by atoms with E-state index in [1.54, 1.807) is 0 Å². The van der Waals surface area contributed by atoms with E-state index in [0.717, 1.165) is 12.6 Å². The zero-order chi connectivity index (χ0) is 18.1. The van der Waals surface area contributed by atoms with Gasteiger partial charge in [0.25, 0.3) is 0 Å². The summed E-state index contributed by atoms with van der Waals surface area (Å²) in [6, 6.07) is 11.8. The second-order valence-electron chi connectivity index (χ2n) is 6.70. The number of likely N-dealkylation sites (tertiary alicyclic amines) is 2. The van der Waals surface area contributed by atoms with Gasteiger partial charge >= 0.3 is 11.9 Å².